The number of ether oxygens (including phenoxy) is 1. The van der Waals surface area contributed by atoms with Crippen molar-refractivity contribution in [1.29, 1.82) is 0 Å². The van der Waals surface area contributed by atoms with Crippen LogP contribution in [0, 0.1) is 5.82 Å². The van der Waals surface area contributed by atoms with Crippen molar-refractivity contribution in [3.8, 4) is 0 Å². The first kappa shape index (κ1) is 16.1. The van der Waals surface area contributed by atoms with E-state index >= 15 is 0 Å². The summed E-state index contributed by atoms with van der Waals surface area (Å²) in [5.41, 5.74) is 0.285. The first-order valence-corrected chi connectivity index (χ1v) is 6.75. The largest absolute Gasteiger partial charge is 0.378 e. The summed E-state index contributed by atoms with van der Waals surface area (Å²) in [4.78, 5) is 13.8. The quantitative estimate of drug-likeness (QED) is 0.775. The predicted molar refractivity (Wildman–Crippen MR) is 75.8 cm³/mol. The fourth-order valence-electron chi connectivity index (χ4n) is 1.35. The lowest BCUT2D eigenvalue weighted by Crippen LogP contribution is -2.28. The minimum Gasteiger partial charge on any atom is -0.378 e. The van der Waals surface area contributed by atoms with Gasteiger partial charge in [-0.05, 0) is 48.2 Å². The first-order valence-electron chi connectivity index (χ1n) is 5.96. The van der Waals surface area contributed by atoms with Gasteiger partial charge >= 0.3 is 0 Å². The number of likely N-dealkylation sites (N-methyl/N-ethyl adjacent to an activating group) is 1. The Hall–Kier alpha value is -0.980. The summed E-state index contributed by atoms with van der Waals surface area (Å²) in [6.45, 7) is 2.29. The highest BCUT2D eigenvalue weighted by atomic mass is 79.9. The molecule has 0 unspecified atom stereocenters. The maximum atomic E-state index is 13.0. The highest BCUT2D eigenvalue weighted by Crippen LogP contribution is 2.17. The molecule has 0 heterocycles. The topological polar surface area (TPSA) is 41.6 Å². The van der Waals surface area contributed by atoms with Gasteiger partial charge in [-0.25, -0.2) is 4.39 Å². The third-order valence-electron chi connectivity index (χ3n) is 2.39. The number of carbonyl (C=O) groups is 1. The molecule has 1 aromatic rings. The predicted octanol–water partition coefficient (Wildman–Crippen LogP) is 1.90. The summed E-state index contributed by atoms with van der Waals surface area (Å²) in [6.07, 6.45) is 0. The second-order valence-electron chi connectivity index (χ2n) is 4.30. The SMILES string of the molecule is CN(C)CCOCCNC(=O)c1cc(F)ccc1Br. The Bertz CT molecular complexity index is 427. The zero-order chi connectivity index (χ0) is 14.3. The molecule has 6 heteroatoms. The summed E-state index contributed by atoms with van der Waals surface area (Å²) >= 11 is 3.22. The van der Waals surface area contributed by atoms with Gasteiger partial charge in [0.2, 0.25) is 0 Å². The molecular weight excluding hydrogens is 315 g/mol. The normalized spacial score (nSPS) is 10.8. The third-order valence-corrected chi connectivity index (χ3v) is 3.08. The molecular formula is C13H18BrFN2O2. The van der Waals surface area contributed by atoms with E-state index in [1.165, 1.54) is 18.2 Å². The molecule has 0 bridgehead atoms. The standard InChI is InChI=1S/C13H18BrFN2O2/c1-17(2)6-8-19-7-5-16-13(18)11-9-10(15)3-4-12(11)14/h3-4,9H,5-8H2,1-2H3,(H,16,18). The number of halogens is 2. The van der Waals surface area contributed by atoms with Crippen LogP contribution < -0.4 is 5.32 Å². The summed E-state index contributed by atoms with van der Waals surface area (Å²) in [5.74, 6) is -0.752. The van der Waals surface area contributed by atoms with Crippen molar-refractivity contribution in [3.63, 3.8) is 0 Å². The van der Waals surface area contributed by atoms with Gasteiger partial charge in [-0.15, -0.1) is 0 Å². The average Bonchev–Trinajstić information content (AvgIpc) is 2.36. The molecule has 1 amide bonds. The Morgan fingerprint density at radius 1 is 1.42 bits per heavy atom. The van der Waals surface area contributed by atoms with Crippen LogP contribution in [0.1, 0.15) is 10.4 Å². The molecule has 0 aliphatic heterocycles. The monoisotopic (exact) mass is 332 g/mol. The van der Waals surface area contributed by atoms with E-state index in [-0.39, 0.29) is 11.5 Å². The highest BCUT2D eigenvalue weighted by molar-refractivity contribution is 9.10. The Kier molecular flexibility index (Phi) is 6.97. The smallest absolute Gasteiger partial charge is 0.252 e. The van der Waals surface area contributed by atoms with Crippen LogP contribution in [-0.2, 0) is 4.74 Å². The fraction of sp³-hybridized carbons (Fsp3) is 0.462. The Morgan fingerprint density at radius 3 is 2.84 bits per heavy atom. The van der Waals surface area contributed by atoms with Crippen molar-refractivity contribution in [3.05, 3.63) is 34.1 Å². The summed E-state index contributed by atoms with van der Waals surface area (Å²) in [7, 11) is 3.93. The van der Waals surface area contributed by atoms with Gasteiger partial charge in [0.25, 0.3) is 5.91 Å². The van der Waals surface area contributed by atoms with E-state index in [2.05, 4.69) is 21.2 Å². The van der Waals surface area contributed by atoms with Gasteiger partial charge in [-0.1, -0.05) is 0 Å². The van der Waals surface area contributed by atoms with E-state index in [0.717, 1.165) is 6.54 Å². The summed E-state index contributed by atoms with van der Waals surface area (Å²) in [6, 6.07) is 4.01. The minimum atomic E-state index is -0.435. The van der Waals surface area contributed by atoms with Crippen LogP contribution in [0.2, 0.25) is 0 Å². The third kappa shape index (κ3) is 6.13. The zero-order valence-electron chi connectivity index (χ0n) is 11.1. The first-order chi connectivity index (χ1) is 9.00. The Morgan fingerprint density at radius 2 is 2.16 bits per heavy atom. The zero-order valence-corrected chi connectivity index (χ0v) is 12.7. The maximum absolute atomic E-state index is 13.0. The maximum Gasteiger partial charge on any atom is 0.252 e. The van der Waals surface area contributed by atoms with Crippen LogP contribution >= 0.6 is 15.9 Å². The average molecular weight is 333 g/mol. The van der Waals surface area contributed by atoms with Gasteiger partial charge in [-0.2, -0.15) is 0 Å². The molecule has 19 heavy (non-hydrogen) atoms. The van der Waals surface area contributed by atoms with Crippen molar-refractivity contribution >= 4 is 21.8 Å². The van der Waals surface area contributed by atoms with E-state index in [1.807, 2.05) is 19.0 Å². The second-order valence-corrected chi connectivity index (χ2v) is 5.15. The molecule has 1 N–H and O–H groups in total. The lowest BCUT2D eigenvalue weighted by Gasteiger charge is -2.10. The van der Waals surface area contributed by atoms with Crippen molar-refractivity contribution in [2.45, 2.75) is 0 Å². The van der Waals surface area contributed by atoms with Crippen LogP contribution in [0.25, 0.3) is 0 Å². The van der Waals surface area contributed by atoms with Crippen molar-refractivity contribution in [2.24, 2.45) is 0 Å². The number of amides is 1. The number of rotatable bonds is 7. The van der Waals surface area contributed by atoms with Gasteiger partial charge in [0.05, 0.1) is 18.8 Å². The number of nitrogens with one attached hydrogen (secondary N) is 1. The number of hydrogen-bond donors (Lipinski definition) is 1. The molecule has 0 spiro atoms. The molecule has 0 saturated carbocycles. The lowest BCUT2D eigenvalue weighted by molar-refractivity contribution is 0.0899. The molecule has 106 valence electrons. The van der Waals surface area contributed by atoms with Crippen molar-refractivity contribution in [1.82, 2.24) is 10.2 Å². The van der Waals surface area contributed by atoms with Gasteiger partial charge in [0.1, 0.15) is 5.82 Å². The van der Waals surface area contributed by atoms with E-state index in [9.17, 15) is 9.18 Å². The molecule has 0 fully saturated rings. The van der Waals surface area contributed by atoms with Gasteiger partial charge in [0.15, 0.2) is 0 Å². The second kappa shape index (κ2) is 8.24. The molecule has 1 rings (SSSR count). The number of nitrogens with zero attached hydrogens (tertiary/aromatic N) is 1. The molecule has 0 aliphatic carbocycles. The van der Waals surface area contributed by atoms with Crippen LogP contribution in [0.5, 0.6) is 0 Å². The molecule has 4 nitrogen and oxygen atoms in total. The van der Waals surface area contributed by atoms with Gasteiger partial charge in [-0.3, -0.25) is 4.79 Å². The van der Waals surface area contributed by atoms with Crippen LogP contribution in [0.3, 0.4) is 0 Å². The van der Waals surface area contributed by atoms with E-state index in [1.54, 1.807) is 0 Å². The van der Waals surface area contributed by atoms with Gasteiger partial charge < -0.3 is 15.0 Å². The molecule has 0 saturated heterocycles. The van der Waals surface area contributed by atoms with Crippen LogP contribution in [0.4, 0.5) is 4.39 Å². The summed E-state index contributed by atoms with van der Waals surface area (Å²) < 4.78 is 19.0. The van der Waals surface area contributed by atoms with Crippen molar-refractivity contribution < 1.29 is 13.9 Å². The van der Waals surface area contributed by atoms with E-state index in [4.69, 9.17) is 4.74 Å². The summed E-state index contributed by atoms with van der Waals surface area (Å²) in [5, 5.41) is 2.68. The fourth-order valence-corrected chi connectivity index (χ4v) is 1.78. The number of benzene rings is 1. The van der Waals surface area contributed by atoms with Crippen LogP contribution in [-0.4, -0.2) is 51.2 Å². The molecule has 0 atom stereocenters. The molecule has 0 radical (unpaired) electrons. The van der Waals surface area contributed by atoms with Crippen molar-refractivity contribution in [2.75, 3.05) is 40.4 Å². The molecule has 0 aliphatic rings. The van der Waals surface area contributed by atoms with E-state index in [0.29, 0.717) is 24.2 Å². The van der Waals surface area contributed by atoms with Gasteiger partial charge in [0, 0.05) is 17.6 Å². The number of hydrogen-bond acceptors (Lipinski definition) is 3. The lowest BCUT2D eigenvalue weighted by atomic mass is 10.2. The minimum absolute atomic E-state index is 0.285. The highest BCUT2D eigenvalue weighted by Gasteiger charge is 2.10. The Balaban J connectivity index is 2.29. The molecule has 0 aromatic heterocycles. The Labute approximate surface area is 121 Å². The molecule has 1 aromatic carbocycles. The van der Waals surface area contributed by atoms with E-state index < -0.39 is 5.82 Å². The van der Waals surface area contributed by atoms with Crippen LogP contribution in [0.15, 0.2) is 22.7 Å². The number of carbonyl (C=O) groups excluding carboxylic acids is 1.